The van der Waals surface area contributed by atoms with Crippen LogP contribution in [0.4, 0.5) is 10.1 Å². The molecule has 0 aliphatic heterocycles. The lowest BCUT2D eigenvalue weighted by molar-refractivity contribution is 0.392. The van der Waals surface area contributed by atoms with Gasteiger partial charge in [0.1, 0.15) is 11.6 Å². The van der Waals surface area contributed by atoms with E-state index in [2.05, 4.69) is 10.5 Å². The number of nitrogens with one attached hydrogen (secondary N) is 1. The summed E-state index contributed by atoms with van der Waals surface area (Å²) in [5, 5.41) is 7.40. The normalized spacial score (nSPS) is 10.6. The van der Waals surface area contributed by atoms with E-state index in [0.717, 1.165) is 17.0 Å². The van der Waals surface area contributed by atoms with Crippen molar-refractivity contribution in [3.63, 3.8) is 0 Å². The number of hydrogen-bond donors (Lipinski definition) is 1. The highest BCUT2D eigenvalue weighted by Gasteiger charge is 2.09. The van der Waals surface area contributed by atoms with Crippen molar-refractivity contribution in [3.8, 4) is 0 Å². The van der Waals surface area contributed by atoms with Crippen molar-refractivity contribution in [2.75, 3.05) is 5.32 Å². The van der Waals surface area contributed by atoms with E-state index >= 15 is 0 Å². The predicted octanol–water partition coefficient (Wildman–Crippen LogP) is 3.70. The molecule has 90 valence electrons. The first-order chi connectivity index (χ1) is 8.08. The minimum absolute atomic E-state index is 0.323. The molecule has 0 spiro atoms. The van der Waals surface area contributed by atoms with Gasteiger partial charge < -0.3 is 9.84 Å². The van der Waals surface area contributed by atoms with Crippen LogP contribution in [0.2, 0.25) is 5.02 Å². The highest BCUT2D eigenvalue weighted by atomic mass is 35.5. The van der Waals surface area contributed by atoms with Crippen molar-refractivity contribution in [2.45, 2.75) is 20.4 Å². The van der Waals surface area contributed by atoms with E-state index in [-0.39, 0.29) is 5.82 Å². The van der Waals surface area contributed by atoms with E-state index in [0.29, 0.717) is 17.3 Å². The molecular formula is C12H12ClFN2O. The van der Waals surface area contributed by atoms with Gasteiger partial charge in [0.15, 0.2) is 0 Å². The smallest absolute Gasteiger partial charge is 0.138 e. The highest BCUT2D eigenvalue weighted by Crippen LogP contribution is 2.24. The second kappa shape index (κ2) is 4.75. The quantitative estimate of drug-likeness (QED) is 0.908. The van der Waals surface area contributed by atoms with Gasteiger partial charge in [-0.05, 0) is 32.0 Å². The summed E-state index contributed by atoms with van der Waals surface area (Å²) in [6, 6.07) is 4.20. The molecule has 0 unspecified atom stereocenters. The SMILES string of the molecule is Cc1noc(C)c1CNc1cc(F)ccc1Cl. The molecule has 1 aromatic carbocycles. The molecule has 1 N–H and O–H groups in total. The Kier molecular flexibility index (Phi) is 3.33. The van der Waals surface area contributed by atoms with Crippen LogP contribution in [0.15, 0.2) is 22.7 Å². The van der Waals surface area contributed by atoms with Crippen LogP contribution in [-0.4, -0.2) is 5.16 Å². The van der Waals surface area contributed by atoms with Gasteiger partial charge in [0.2, 0.25) is 0 Å². The molecule has 0 aliphatic rings. The maximum absolute atomic E-state index is 13.0. The Morgan fingerprint density at radius 3 is 2.82 bits per heavy atom. The number of hydrogen-bond acceptors (Lipinski definition) is 3. The van der Waals surface area contributed by atoms with Gasteiger partial charge in [-0.3, -0.25) is 0 Å². The van der Waals surface area contributed by atoms with Crippen LogP contribution in [-0.2, 0) is 6.54 Å². The van der Waals surface area contributed by atoms with Crippen LogP contribution in [0.1, 0.15) is 17.0 Å². The van der Waals surface area contributed by atoms with Crippen LogP contribution >= 0.6 is 11.6 Å². The van der Waals surface area contributed by atoms with Gasteiger partial charge in [0.05, 0.1) is 16.4 Å². The number of halogens is 2. The Bertz CT molecular complexity index is 520. The first kappa shape index (κ1) is 11.9. The Hall–Kier alpha value is -1.55. The number of aromatic nitrogens is 1. The first-order valence-corrected chi connectivity index (χ1v) is 5.56. The number of nitrogens with zero attached hydrogens (tertiary/aromatic N) is 1. The van der Waals surface area contributed by atoms with Crippen LogP contribution in [0, 0.1) is 19.7 Å². The average Bonchev–Trinajstić information content (AvgIpc) is 2.61. The molecule has 0 atom stereocenters. The van der Waals surface area contributed by atoms with Crippen molar-refractivity contribution in [3.05, 3.63) is 46.1 Å². The standard InChI is InChI=1S/C12H12ClFN2O/c1-7-10(8(2)17-16-7)6-15-12-5-9(14)3-4-11(12)13/h3-5,15H,6H2,1-2H3. The first-order valence-electron chi connectivity index (χ1n) is 5.18. The molecule has 0 saturated heterocycles. The van der Waals surface area contributed by atoms with Crippen molar-refractivity contribution >= 4 is 17.3 Å². The maximum Gasteiger partial charge on any atom is 0.138 e. The molecule has 0 saturated carbocycles. The third-order valence-corrected chi connectivity index (χ3v) is 2.89. The average molecular weight is 255 g/mol. The lowest BCUT2D eigenvalue weighted by atomic mass is 10.2. The molecule has 0 amide bonds. The molecule has 2 aromatic rings. The molecule has 0 bridgehead atoms. The van der Waals surface area contributed by atoms with Crippen LogP contribution < -0.4 is 5.32 Å². The Labute approximate surface area is 104 Å². The van der Waals surface area contributed by atoms with Gasteiger partial charge in [-0.25, -0.2) is 4.39 Å². The largest absolute Gasteiger partial charge is 0.379 e. The second-order valence-electron chi connectivity index (χ2n) is 3.78. The fraction of sp³-hybridized carbons (Fsp3) is 0.250. The topological polar surface area (TPSA) is 38.1 Å². The predicted molar refractivity (Wildman–Crippen MR) is 64.7 cm³/mol. The molecule has 0 fully saturated rings. The fourth-order valence-electron chi connectivity index (χ4n) is 1.57. The minimum atomic E-state index is -0.323. The zero-order valence-corrected chi connectivity index (χ0v) is 10.3. The van der Waals surface area contributed by atoms with E-state index in [9.17, 15) is 4.39 Å². The summed E-state index contributed by atoms with van der Waals surface area (Å²) in [4.78, 5) is 0. The van der Waals surface area contributed by atoms with Gasteiger partial charge in [0, 0.05) is 12.1 Å². The maximum atomic E-state index is 13.0. The van der Waals surface area contributed by atoms with Crippen molar-refractivity contribution in [1.82, 2.24) is 5.16 Å². The molecule has 1 aromatic heterocycles. The Balaban J connectivity index is 2.15. The molecule has 17 heavy (non-hydrogen) atoms. The van der Waals surface area contributed by atoms with Crippen LogP contribution in [0.5, 0.6) is 0 Å². The molecule has 5 heteroatoms. The molecule has 0 aliphatic carbocycles. The lowest BCUT2D eigenvalue weighted by Gasteiger charge is -2.08. The van der Waals surface area contributed by atoms with E-state index in [1.54, 1.807) is 0 Å². The minimum Gasteiger partial charge on any atom is -0.379 e. The zero-order chi connectivity index (χ0) is 12.4. The summed E-state index contributed by atoms with van der Waals surface area (Å²) < 4.78 is 18.1. The highest BCUT2D eigenvalue weighted by molar-refractivity contribution is 6.33. The van der Waals surface area contributed by atoms with Gasteiger partial charge in [0.25, 0.3) is 0 Å². The summed E-state index contributed by atoms with van der Waals surface area (Å²) in [5.41, 5.74) is 2.35. The Morgan fingerprint density at radius 1 is 1.41 bits per heavy atom. The summed E-state index contributed by atoms with van der Waals surface area (Å²) in [6.45, 7) is 4.20. The molecule has 1 heterocycles. The summed E-state index contributed by atoms with van der Waals surface area (Å²) in [7, 11) is 0. The number of benzene rings is 1. The Morgan fingerprint density at radius 2 is 2.18 bits per heavy atom. The summed E-state index contributed by atoms with van der Waals surface area (Å²) in [5.74, 6) is 0.429. The fourth-order valence-corrected chi connectivity index (χ4v) is 1.76. The molecule has 2 rings (SSSR count). The van der Waals surface area contributed by atoms with Crippen molar-refractivity contribution in [2.24, 2.45) is 0 Å². The monoisotopic (exact) mass is 254 g/mol. The van der Waals surface area contributed by atoms with Crippen LogP contribution in [0.3, 0.4) is 0 Å². The number of aryl methyl sites for hydroxylation is 2. The van der Waals surface area contributed by atoms with Gasteiger partial charge in [-0.2, -0.15) is 0 Å². The summed E-state index contributed by atoms with van der Waals surface area (Å²) in [6.07, 6.45) is 0. The van der Waals surface area contributed by atoms with Gasteiger partial charge in [-0.15, -0.1) is 0 Å². The number of anilines is 1. The van der Waals surface area contributed by atoms with Crippen molar-refractivity contribution in [1.29, 1.82) is 0 Å². The second-order valence-corrected chi connectivity index (χ2v) is 4.19. The van der Waals surface area contributed by atoms with Gasteiger partial charge in [-0.1, -0.05) is 16.8 Å². The molecule has 3 nitrogen and oxygen atoms in total. The molecule has 0 radical (unpaired) electrons. The summed E-state index contributed by atoms with van der Waals surface area (Å²) >= 11 is 5.95. The third-order valence-electron chi connectivity index (χ3n) is 2.57. The van der Waals surface area contributed by atoms with Crippen LogP contribution in [0.25, 0.3) is 0 Å². The third kappa shape index (κ3) is 2.58. The zero-order valence-electron chi connectivity index (χ0n) is 9.55. The van der Waals surface area contributed by atoms with Crippen molar-refractivity contribution < 1.29 is 8.91 Å². The van der Waals surface area contributed by atoms with E-state index in [1.807, 2.05) is 13.8 Å². The van der Waals surface area contributed by atoms with Gasteiger partial charge >= 0.3 is 0 Å². The molecular weight excluding hydrogens is 243 g/mol. The van der Waals surface area contributed by atoms with E-state index < -0.39 is 0 Å². The van der Waals surface area contributed by atoms with E-state index in [4.69, 9.17) is 16.1 Å². The lowest BCUT2D eigenvalue weighted by Crippen LogP contribution is -2.02. The number of rotatable bonds is 3. The van der Waals surface area contributed by atoms with E-state index in [1.165, 1.54) is 18.2 Å².